The molecule has 0 amide bonds. The Balaban J connectivity index is 1.55. The van der Waals surface area contributed by atoms with E-state index in [9.17, 15) is 13.2 Å². The molecular formula is C11H16N4O4S. The van der Waals surface area contributed by atoms with Gasteiger partial charge in [0.25, 0.3) is 0 Å². The number of carboxylic acids is 1. The van der Waals surface area contributed by atoms with E-state index >= 15 is 0 Å². The third-order valence-corrected chi connectivity index (χ3v) is 5.75. The summed E-state index contributed by atoms with van der Waals surface area (Å²) in [5.74, 6) is -0.540. The zero-order chi connectivity index (χ0) is 14.3. The molecule has 0 aliphatic carbocycles. The number of likely N-dealkylation sites (tertiary alicyclic amines) is 1. The van der Waals surface area contributed by atoms with Crippen molar-refractivity contribution in [1.82, 2.24) is 19.9 Å². The fourth-order valence-electron chi connectivity index (χ4n) is 2.75. The second-order valence-corrected chi connectivity index (χ2v) is 7.68. The van der Waals surface area contributed by atoms with Crippen LogP contribution < -0.4 is 0 Å². The largest absolute Gasteiger partial charge is 0.476 e. The van der Waals surface area contributed by atoms with E-state index in [0.717, 1.165) is 13.1 Å². The van der Waals surface area contributed by atoms with Gasteiger partial charge in [-0.2, -0.15) is 0 Å². The standard InChI is InChI=1S/C11H16N4O4S/c16-11(17)10-7-15(13-12-10)9-5-14(6-9)8-1-3-20(18,19)4-2-8/h7-9H,1-6H2,(H,16,17). The van der Waals surface area contributed by atoms with Crippen LogP contribution in [0.3, 0.4) is 0 Å². The molecule has 0 radical (unpaired) electrons. The Morgan fingerprint density at radius 3 is 2.45 bits per heavy atom. The number of carboxylic acid groups (broad SMARTS) is 1. The van der Waals surface area contributed by atoms with Crippen LogP contribution in [0.2, 0.25) is 0 Å². The molecule has 110 valence electrons. The molecule has 0 saturated carbocycles. The van der Waals surface area contributed by atoms with Crippen molar-refractivity contribution in [2.75, 3.05) is 24.6 Å². The van der Waals surface area contributed by atoms with E-state index in [1.807, 2.05) is 0 Å². The lowest BCUT2D eigenvalue weighted by Crippen LogP contribution is -2.54. The highest BCUT2D eigenvalue weighted by molar-refractivity contribution is 7.91. The van der Waals surface area contributed by atoms with Crippen LogP contribution >= 0.6 is 0 Å². The molecule has 2 aliphatic rings. The van der Waals surface area contributed by atoms with Crippen molar-refractivity contribution in [3.8, 4) is 0 Å². The quantitative estimate of drug-likeness (QED) is 0.795. The number of sulfone groups is 1. The zero-order valence-corrected chi connectivity index (χ0v) is 11.7. The predicted octanol–water partition coefficient (Wildman–Crippen LogP) is -0.590. The van der Waals surface area contributed by atoms with Gasteiger partial charge in [0.2, 0.25) is 0 Å². The van der Waals surface area contributed by atoms with Gasteiger partial charge in [-0.25, -0.2) is 17.9 Å². The van der Waals surface area contributed by atoms with E-state index in [4.69, 9.17) is 5.11 Å². The molecule has 0 unspecified atom stereocenters. The Morgan fingerprint density at radius 1 is 1.25 bits per heavy atom. The van der Waals surface area contributed by atoms with Crippen molar-refractivity contribution in [3.63, 3.8) is 0 Å². The summed E-state index contributed by atoms with van der Waals surface area (Å²) >= 11 is 0. The normalized spacial score (nSPS) is 24.4. The molecule has 0 spiro atoms. The van der Waals surface area contributed by atoms with Crippen molar-refractivity contribution < 1.29 is 18.3 Å². The Bertz CT molecular complexity index is 606. The molecule has 2 aliphatic heterocycles. The first-order chi connectivity index (χ1) is 9.44. The fraction of sp³-hybridized carbons (Fsp3) is 0.727. The summed E-state index contributed by atoms with van der Waals surface area (Å²) in [5.41, 5.74) is -0.0489. The lowest BCUT2D eigenvalue weighted by Gasteiger charge is -2.45. The van der Waals surface area contributed by atoms with Crippen LogP contribution in [-0.2, 0) is 9.84 Å². The third kappa shape index (κ3) is 2.55. The number of carbonyl (C=O) groups is 1. The highest BCUT2D eigenvalue weighted by atomic mass is 32.2. The van der Waals surface area contributed by atoms with Gasteiger partial charge >= 0.3 is 5.97 Å². The van der Waals surface area contributed by atoms with Crippen molar-refractivity contribution in [1.29, 1.82) is 0 Å². The fourth-order valence-corrected chi connectivity index (χ4v) is 4.22. The summed E-state index contributed by atoms with van der Waals surface area (Å²) in [4.78, 5) is 13.0. The molecule has 2 fully saturated rings. The smallest absolute Gasteiger partial charge is 0.358 e. The van der Waals surface area contributed by atoms with Crippen molar-refractivity contribution in [2.45, 2.75) is 24.9 Å². The Hall–Kier alpha value is -1.48. The molecule has 8 nitrogen and oxygen atoms in total. The van der Waals surface area contributed by atoms with Crippen LogP contribution in [0.25, 0.3) is 0 Å². The van der Waals surface area contributed by atoms with Crippen molar-refractivity contribution in [3.05, 3.63) is 11.9 Å². The summed E-state index contributed by atoms with van der Waals surface area (Å²) in [6.45, 7) is 1.54. The number of aromatic nitrogens is 3. The summed E-state index contributed by atoms with van der Waals surface area (Å²) in [6.07, 6.45) is 2.81. The average molecular weight is 300 g/mol. The maximum atomic E-state index is 11.4. The molecule has 1 aromatic rings. The van der Waals surface area contributed by atoms with E-state index in [1.54, 1.807) is 4.68 Å². The predicted molar refractivity (Wildman–Crippen MR) is 69.3 cm³/mol. The highest BCUT2D eigenvalue weighted by Crippen LogP contribution is 2.28. The first kappa shape index (κ1) is 13.5. The maximum absolute atomic E-state index is 11.4. The van der Waals surface area contributed by atoms with Gasteiger partial charge in [-0.15, -0.1) is 5.10 Å². The van der Waals surface area contributed by atoms with Gasteiger partial charge in [-0.3, -0.25) is 4.90 Å². The van der Waals surface area contributed by atoms with Gasteiger partial charge in [0.15, 0.2) is 5.69 Å². The van der Waals surface area contributed by atoms with E-state index in [1.165, 1.54) is 6.20 Å². The van der Waals surface area contributed by atoms with Gasteiger partial charge in [0, 0.05) is 19.1 Å². The number of aromatic carboxylic acids is 1. The van der Waals surface area contributed by atoms with Crippen LogP contribution in [0.1, 0.15) is 29.4 Å². The average Bonchev–Trinajstić information content (AvgIpc) is 2.79. The van der Waals surface area contributed by atoms with Gasteiger partial charge in [0.1, 0.15) is 9.84 Å². The summed E-state index contributed by atoms with van der Waals surface area (Å²) in [7, 11) is -2.82. The number of hydrogen-bond donors (Lipinski definition) is 1. The van der Waals surface area contributed by atoms with Gasteiger partial charge in [-0.05, 0) is 12.8 Å². The minimum absolute atomic E-state index is 0.0489. The first-order valence-corrected chi connectivity index (χ1v) is 8.36. The van der Waals surface area contributed by atoms with Crippen LogP contribution in [0.15, 0.2) is 6.20 Å². The van der Waals surface area contributed by atoms with E-state index < -0.39 is 15.8 Å². The molecule has 0 bridgehead atoms. The Kier molecular flexibility index (Phi) is 3.25. The van der Waals surface area contributed by atoms with Crippen LogP contribution in [-0.4, -0.2) is 70.0 Å². The molecule has 1 N–H and O–H groups in total. The molecule has 2 saturated heterocycles. The molecule has 3 heterocycles. The Labute approximate surface area is 116 Å². The number of nitrogens with zero attached hydrogens (tertiary/aromatic N) is 4. The molecular weight excluding hydrogens is 284 g/mol. The Morgan fingerprint density at radius 2 is 1.90 bits per heavy atom. The lowest BCUT2D eigenvalue weighted by atomic mass is 10.0. The van der Waals surface area contributed by atoms with Gasteiger partial charge < -0.3 is 5.11 Å². The summed E-state index contributed by atoms with van der Waals surface area (Å²) in [6, 6.07) is 0.450. The van der Waals surface area contributed by atoms with Crippen LogP contribution in [0.5, 0.6) is 0 Å². The SMILES string of the molecule is O=C(O)c1cn(C2CN(C3CCS(=O)(=O)CC3)C2)nn1. The third-order valence-electron chi connectivity index (χ3n) is 4.03. The number of hydrogen-bond acceptors (Lipinski definition) is 6. The van der Waals surface area contributed by atoms with E-state index in [0.29, 0.717) is 18.9 Å². The highest BCUT2D eigenvalue weighted by Gasteiger charge is 2.37. The zero-order valence-electron chi connectivity index (χ0n) is 10.8. The van der Waals surface area contributed by atoms with E-state index in [-0.39, 0.29) is 23.2 Å². The minimum atomic E-state index is -2.82. The summed E-state index contributed by atoms with van der Waals surface area (Å²) < 4.78 is 24.3. The van der Waals surface area contributed by atoms with Crippen LogP contribution in [0.4, 0.5) is 0 Å². The molecule has 3 rings (SSSR count). The summed E-state index contributed by atoms with van der Waals surface area (Å²) in [5, 5.41) is 16.2. The second kappa shape index (κ2) is 4.81. The minimum Gasteiger partial charge on any atom is -0.476 e. The van der Waals surface area contributed by atoms with Gasteiger partial charge in [-0.1, -0.05) is 5.21 Å². The van der Waals surface area contributed by atoms with Crippen molar-refractivity contribution in [2.24, 2.45) is 0 Å². The number of rotatable bonds is 3. The monoisotopic (exact) mass is 300 g/mol. The van der Waals surface area contributed by atoms with Crippen molar-refractivity contribution >= 4 is 15.8 Å². The molecule has 0 atom stereocenters. The molecule has 1 aromatic heterocycles. The maximum Gasteiger partial charge on any atom is 0.358 e. The second-order valence-electron chi connectivity index (χ2n) is 5.38. The van der Waals surface area contributed by atoms with E-state index in [2.05, 4.69) is 15.2 Å². The van der Waals surface area contributed by atoms with Crippen LogP contribution in [0, 0.1) is 0 Å². The molecule has 0 aromatic carbocycles. The molecule has 20 heavy (non-hydrogen) atoms. The molecule has 9 heteroatoms. The topological polar surface area (TPSA) is 105 Å². The first-order valence-electron chi connectivity index (χ1n) is 6.54. The lowest BCUT2D eigenvalue weighted by molar-refractivity contribution is 0.0472. The van der Waals surface area contributed by atoms with Gasteiger partial charge in [0.05, 0.1) is 23.7 Å².